The molecule has 0 bridgehead atoms. The molecular weight excluding hydrogens is 356 g/mol. The molecule has 26 heavy (non-hydrogen) atoms. The normalized spacial score (nSPS) is 12.1. The van der Waals surface area contributed by atoms with Gasteiger partial charge in [-0.2, -0.15) is 0 Å². The largest absolute Gasteiger partial charge is 0.382 e. The Bertz CT molecular complexity index is 852. The summed E-state index contributed by atoms with van der Waals surface area (Å²) in [6.07, 6.45) is 0.642. The molecule has 1 heterocycles. The zero-order valence-corrected chi connectivity index (χ0v) is 15.5. The Balaban J connectivity index is 2.33. The van der Waals surface area contributed by atoms with Crippen LogP contribution >= 0.6 is 11.8 Å². The van der Waals surface area contributed by atoms with Crippen LogP contribution in [0.3, 0.4) is 0 Å². The molecule has 3 N–H and O–H groups in total. The molecule has 2 rings (SSSR count). The van der Waals surface area contributed by atoms with Crippen LogP contribution in [-0.4, -0.2) is 40.0 Å². The Labute approximate surface area is 155 Å². The topological polar surface area (TPSA) is 116 Å². The van der Waals surface area contributed by atoms with Gasteiger partial charge in [-0.05, 0) is 32.4 Å². The fraction of sp³-hybridized carbons (Fsp3) is 0.412. The van der Waals surface area contributed by atoms with Gasteiger partial charge in [-0.25, -0.2) is 9.78 Å². The van der Waals surface area contributed by atoms with Crippen LogP contribution in [0.4, 0.5) is 4.79 Å². The highest BCUT2D eigenvalue weighted by molar-refractivity contribution is 8.00. The molecule has 0 saturated heterocycles. The number of amides is 3. The van der Waals surface area contributed by atoms with Crippen molar-refractivity contribution < 1.29 is 14.3 Å². The molecule has 1 aromatic carbocycles. The molecule has 9 heteroatoms. The third-order valence-electron chi connectivity index (χ3n) is 3.60. The first-order valence-corrected chi connectivity index (χ1v) is 9.16. The summed E-state index contributed by atoms with van der Waals surface area (Å²) >= 11 is 1.10. The molecule has 0 spiro atoms. The Morgan fingerprint density at radius 3 is 2.81 bits per heavy atom. The highest BCUT2D eigenvalue weighted by Crippen LogP contribution is 2.22. The van der Waals surface area contributed by atoms with Crippen molar-refractivity contribution in [2.45, 2.75) is 37.2 Å². The van der Waals surface area contributed by atoms with Crippen molar-refractivity contribution in [1.29, 1.82) is 0 Å². The van der Waals surface area contributed by atoms with Gasteiger partial charge in [0.25, 0.3) is 5.56 Å². The second kappa shape index (κ2) is 9.35. The average Bonchev–Trinajstić information content (AvgIpc) is 2.60. The molecule has 8 nitrogen and oxygen atoms in total. The molecule has 1 atom stereocenters. The summed E-state index contributed by atoms with van der Waals surface area (Å²) in [6, 6.07) is 6.14. The van der Waals surface area contributed by atoms with Crippen LogP contribution in [0, 0.1) is 0 Å². The van der Waals surface area contributed by atoms with Crippen LogP contribution in [0.5, 0.6) is 0 Å². The van der Waals surface area contributed by atoms with Crippen molar-refractivity contribution in [3.63, 3.8) is 0 Å². The number of thioether (sulfide) groups is 1. The number of urea groups is 1. The lowest BCUT2D eigenvalue weighted by Crippen LogP contribution is -2.39. The van der Waals surface area contributed by atoms with E-state index < -0.39 is 17.2 Å². The minimum atomic E-state index is -0.914. The predicted octanol–water partition coefficient (Wildman–Crippen LogP) is 1.50. The number of aromatic nitrogens is 2. The number of para-hydroxylation sites is 1. The molecule has 0 aliphatic rings. The molecule has 0 fully saturated rings. The van der Waals surface area contributed by atoms with E-state index in [9.17, 15) is 14.4 Å². The summed E-state index contributed by atoms with van der Waals surface area (Å²) in [5, 5.41) is 2.32. The molecule has 0 aliphatic heterocycles. The maximum Gasteiger partial charge on any atom is 0.318 e. The van der Waals surface area contributed by atoms with Crippen LogP contribution < -0.4 is 16.6 Å². The second-order valence-corrected chi connectivity index (χ2v) is 6.84. The van der Waals surface area contributed by atoms with Gasteiger partial charge in [-0.1, -0.05) is 23.9 Å². The van der Waals surface area contributed by atoms with Crippen molar-refractivity contribution in [2.24, 2.45) is 5.73 Å². The fourth-order valence-electron chi connectivity index (χ4n) is 2.34. The van der Waals surface area contributed by atoms with Gasteiger partial charge < -0.3 is 10.5 Å². The minimum Gasteiger partial charge on any atom is -0.382 e. The van der Waals surface area contributed by atoms with E-state index in [1.54, 1.807) is 35.8 Å². The first-order valence-electron chi connectivity index (χ1n) is 8.28. The van der Waals surface area contributed by atoms with Crippen molar-refractivity contribution in [3.8, 4) is 0 Å². The SMILES string of the molecule is CCOCCCn1c(S[C@H](C)C(=O)NC(N)=O)nc2ccccc2c1=O. The van der Waals surface area contributed by atoms with E-state index in [2.05, 4.69) is 4.98 Å². The number of carbonyl (C=O) groups is 2. The molecule has 140 valence electrons. The number of benzene rings is 1. The van der Waals surface area contributed by atoms with E-state index in [4.69, 9.17) is 10.5 Å². The number of hydrogen-bond donors (Lipinski definition) is 2. The Morgan fingerprint density at radius 1 is 1.38 bits per heavy atom. The molecule has 0 radical (unpaired) electrons. The smallest absolute Gasteiger partial charge is 0.318 e. The molecule has 1 aromatic heterocycles. The van der Waals surface area contributed by atoms with Gasteiger partial charge >= 0.3 is 6.03 Å². The van der Waals surface area contributed by atoms with Crippen LogP contribution in [0.2, 0.25) is 0 Å². The van der Waals surface area contributed by atoms with Crippen molar-refractivity contribution in [2.75, 3.05) is 13.2 Å². The van der Waals surface area contributed by atoms with E-state index in [-0.39, 0.29) is 5.56 Å². The highest BCUT2D eigenvalue weighted by atomic mass is 32.2. The first-order chi connectivity index (χ1) is 12.4. The molecule has 0 saturated carbocycles. The molecule has 3 amide bonds. The van der Waals surface area contributed by atoms with Crippen LogP contribution in [0.15, 0.2) is 34.2 Å². The zero-order valence-electron chi connectivity index (χ0n) is 14.7. The summed E-state index contributed by atoms with van der Waals surface area (Å²) < 4.78 is 6.87. The summed E-state index contributed by atoms with van der Waals surface area (Å²) in [4.78, 5) is 40.2. The van der Waals surface area contributed by atoms with Gasteiger partial charge in [0.1, 0.15) is 0 Å². The first kappa shape index (κ1) is 19.9. The monoisotopic (exact) mass is 378 g/mol. The van der Waals surface area contributed by atoms with Crippen molar-refractivity contribution in [3.05, 3.63) is 34.6 Å². The van der Waals surface area contributed by atoms with Gasteiger partial charge in [0, 0.05) is 19.8 Å². The molecule has 0 unspecified atom stereocenters. The number of ether oxygens (including phenoxy) is 1. The van der Waals surface area contributed by atoms with E-state index in [0.717, 1.165) is 11.8 Å². The number of nitrogens with two attached hydrogens (primary N) is 1. The number of rotatable bonds is 8. The second-order valence-electron chi connectivity index (χ2n) is 5.53. The van der Waals surface area contributed by atoms with Crippen LogP contribution in [0.25, 0.3) is 10.9 Å². The lowest BCUT2D eigenvalue weighted by molar-refractivity contribution is -0.119. The van der Waals surface area contributed by atoms with Crippen LogP contribution in [0.1, 0.15) is 20.3 Å². The standard InChI is InChI=1S/C17H22N4O4S/c1-3-25-10-6-9-21-15(23)12-7-4-5-8-13(12)19-17(21)26-11(2)14(22)20-16(18)24/h4-5,7-8,11H,3,6,9-10H2,1-2H3,(H3,18,20,22,24)/t11-/m1/s1. The van der Waals surface area contributed by atoms with Gasteiger partial charge in [0.2, 0.25) is 5.91 Å². The molecule has 0 aliphatic carbocycles. The zero-order chi connectivity index (χ0) is 19.1. The highest BCUT2D eigenvalue weighted by Gasteiger charge is 2.20. The summed E-state index contributed by atoms with van der Waals surface area (Å²) in [5.41, 5.74) is 5.37. The maximum absolute atomic E-state index is 12.8. The summed E-state index contributed by atoms with van der Waals surface area (Å²) in [7, 11) is 0. The van der Waals surface area contributed by atoms with E-state index >= 15 is 0 Å². The van der Waals surface area contributed by atoms with E-state index in [1.807, 2.05) is 12.2 Å². The maximum atomic E-state index is 12.8. The Kier molecular flexibility index (Phi) is 7.16. The third-order valence-corrected chi connectivity index (χ3v) is 4.69. The van der Waals surface area contributed by atoms with Gasteiger partial charge in [0.15, 0.2) is 5.16 Å². The number of nitrogens with zero attached hydrogens (tertiary/aromatic N) is 2. The number of fused-ring (bicyclic) bond motifs is 1. The number of nitrogens with one attached hydrogen (secondary N) is 1. The summed E-state index contributed by atoms with van der Waals surface area (Å²) in [6.45, 7) is 5.08. The Hall–Kier alpha value is -2.39. The van der Waals surface area contributed by atoms with Gasteiger partial charge in [-0.15, -0.1) is 0 Å². The molecular formula is C17H22N4O4S. The summed E-state index contributed by atoms with van der Waals surface area (Å²) in [5.74, 6) is -0.536. The van der Waals surface area contributed by atoms with Crippen LogP contribution in [-0.2, 0) is 16.1 Å². The fourth-order valence-corrected chi connectivity index (χ4v) is 3.27. The lowest BCUT2D eigenvalue weighted by atomic mass is 10.2. The van der Waals surface area contributed by atoms with Gasteiger partial charge in [-0.3, -0.25) is 19.5 Å². The van der Waals surface area contributed by atoms with E-state index in [0.29, 0.717) is 42.2 Å². The lowest BCUT2D eigenvalue weighted by Gasteiger charge is -2.15. The quantitative estimate of drug-likeness (QED) is 0.408. The van der Waals surface area contributed by atoms with Crippen molar-refractivity contribution in [1.82, 2.24) is 14.9 Å². The van der Waals surface area contributed by atoms with E-state index in [1.165, 1.54) is 0 Å². The predicted molar refractivity (Wildman–Crippen MR) is 100 cm³/mol. The average molecular weight is 378 g/mol. The number of hydrogen-bond acceptors (Lipinski definition) is 6. The Morgan fingerprint density at radius 2 is 2.12 bits per heavy atom. The third kappa shape index (κ3) is 5.06. The minimum absolute atomic E-state index is 0.169. The number of primary amides is 1. The molecule has 2 aromatic rings. The number of carbonyl (C=O) groups excluding carboxylic acids is 2. The number of imide groups is 1. The van der Waals surface area contributed by atoms with Gasteiger partial charge in [0.05, 0.1) is 16.2 Å². The van der Waals surface area contributed by atoms with Crippen molar-refractivity contribution >= 4 is 34.6 Å².